The molecule has 7 heteroatoms. The highest BCUT2D eigenvalue weighted by Gasteiger charge is 2.26. The van der Waals surface area contributed by atoms with Crippen molar-refractivity contribution in [2.45, 2.75) is 32.4 Å². The first-order chi connectivity index (χ1) is 7.31. The lowest BCUT2D eigenvalue weighted by Gasteiger charge is -2.25. The minimum absolute atomic E-state index is 0.282. The Hall–Kier alpha value is -1.79. The van der Waals surface area contributed by atoms with Crippen molar-refractivity contribution in [3.63, 3.8) is 0 Å². The molecule has 2 unspecified atom stereocenters. The minimum Gasteiger partial charge on any atom is -0.480 e. The third-order valence-electron chi connectivity index (χ3n) is 2.23. The standard InChI is InChI=1S/C9H17N3O4/c1-4-6(8(14)15)12(3)9(16)11-5(2)7(10)13/h5-6H,4H2,1-3H3,(H2,10,13)(H,11,16)(H,14,15). The number of likely N-dealkylation sites (N-methyl/N-ethyl adjacent to an activating group) is 1. The van der Waals surface area contributed by atoms with Gasteiger partial charge in [0.2, 0.25) is 5.91 Å². The van der Waals surface area contributed by atoms with Gasteiger partial charge in [0.05, 0.1) is 0 Å². The fourth-order valence-corrected chi connectivity index (χ4v) is 1.11. The maximum atomic E-state index is 11.5. The third-order valence-corrected chi connectivity index (χ3v) is 2.23. The first-order valence-corrected chi connectivity index (χ1v) is 4.86. The molecule has 0 heterocycles. The monoisotopic (exact) mass is 231 g/mol. The largest absolute Gasteiger partial charge is 0.480 e. The number of urea groups is 1. The summed E-state index contributed by atoms with van der Waals surface area (Å²) in [5, 5.41) is 11.1. The summed E-state index contributed by atoms with van der Waals surface area (Å²) in [6, 6.07) is -2.39. The Labute approximate surface area is 93.6 Å². The highest BCUT2D eigenvalue weighted by Crippen LogP contribution is 2.02. The summed E-state index contributed by atoms with van der Waals surface area (Å²) in [4.78, 5) is 34.0. The van der Waals surface area contributed by atoms with Crippen molar-refractivity contribution in [1.82, 2.24) is 10.2 Å². The normalized spacial score (nSPS) is 13.7. The van der Waals surface area contributed by atoms with Gasteiger partial charge in [0.15, 0.2) is 0 Å². The van der Waals surface area contributed by atoms with E-state index in [1.54, 1.807) is 6.92 Å². The fraction of sp³-hybridized carbons (Fsp3) is 0.667. The summed E-state index contributed by atoms with van der Waals surface area (Å²) in [6.45, 7) is 3.08. The van der Waals surface area contributed by atoms with Crippen LogP contribution in [0.3, 0.4) is 0 Å². The first kappa shape index (κ1) is 14.2. The van der Waals surface area contributed by atoms with E-state index in [0.717, 1.165) is 4.90 Å². The molecule has 92 valence electrons. The van der Waals surface area contributed by atoms with Gasteiger partial charge in [0, 0.05) is 7.05 Å². The molecule has 0 aliphatic carbocycles. The molecule has 0 aromatic rings. The Balaban J connectivity index is 4.48. The Morgan fingerprint density at radius 3 is 2.25 bits per heavy atom. The number of carboxylic acids is 1. The summed E-state index contributed by atoms with van der Waals surface area (Å²) in [5.41, 5.74) is 4.96. The summed E-state index contributed by atoms with van der Waals surface area (Å²) < 4.78 is 0. The summed E-state index contributed by atoms with van der Waals surface area (Å²) in [7, 11) is 1.35. The predicted octanol–water partition coefficient (Wildman–Crippen LogP) is -0.635. The van der Waals surface area contributed by atoms with Crippen LogP contribution in [0.2, 0.25) is 0 Å². The molecule has 2 atom stereocenters. The van der Waals surface area contributed by atoms with Gasteiger partial charge >= 0.3 is 12.0 Å². The molecule has 0 fully saturated rings. The molecule has 0 spiro atoms. The van der Waals surface area contributed by atoms with Crippen LogP contribution < -0.4 is 11.1 Å². The van der Waals surface area contributed by atoms with Crippen LogP contribution in [0.15, 0.2) is 0 Å². The highest BCUT2D eigenvalue weighted by molar-refractivity contribution is 5.87. The van der Waals surface area contributed by atoms with Gasteiger partial charge < -0.3 is 21.1 Å². The van der Waals surface area contributed by atoms with Crippen LogP contribution in [0.25, 0.3) is 0 Å². The maximum Gasteiger partial charge on any atom is 0.326 e. The van der Waals surface area contributed by atoms with Crippen molar-refractivity contribution in [3.8, 4) is 0 Å². The Bertz CT molecular complexity index is 292. The zero-order valence-electron chi connectivity index (χ0n) is 9.56. The molecule has 7 nitrogen and oxygen atoms in total. The minimum atomic E-state index is -1.09. The number of nitrogens with two attached hydrogens (primary N) is 1. The van der Waals surface area contributed by atoms with Crippen molar-refractivity contribution in [2.75, 3.05) is 7.05 Å². The topological polar surface area (TPSA) is 113 Å². The van der Waals surface area contributed by atoms with Gasteiger partial charge in [0.1, 0.15) is 12.1 Å². The number of hydrogen-bond donors (Lipinski definition) is 3. The number of primary amides is 1. The fourth-order valence-electron chi connectivity index (χ4n) is 1.11. The summed E-state index contributed by atoms with van der Waals surface area (Å²) in [5.74, 6) is -1.77. The van der Waals surface area contributed by atoms with Crippen LogP contribution in [0.5, 0.6) is 0 Å². The number of carboxylic acid groups (broad SMARTS) is 1. The molecule has 0 saturated heterocycles. The average Bonchev–Trinajstić information content (AvgIpc) is 2.17. The van der Waals surface area contributed by atoms with E-state index in [-0.39, 0.29) is 6.42 Å². The van der Waals surface area contributed by atoms with Crippen LogP contribution in [-0.2, 0) is 9.59 Å². The van der Waals surface area contributed by atoms with Crippen LogP contribution >= 0.6 is 0 Å². The molecular weight excluding hydrogens is 214 g/mol. The highest BCUT2D eigenvalue weighted by atomic mass is 16.4. The van der Waals surface area contributed by atoms with Gasteiger partial charge in [-0.25, -0.2) is 9.59 Å². The van der Waals surface area contributed by atoms with E-state index in [9.17, 15) is 14.4 Å². The number of hydrogen-bond acceptors (Lipinski definition) is 3. The van der Waals surface area contributed by atoms with Crippen LogP contribution in [0.4, 0.5) is 4.79 Å². The molecule has 0 radical (unpaired) electrons. The van der Waals surface area contributed by atoms with Gasteiger partial charge in [-0.2, -0.15) is 0 Å². The number of rotatable bonds is 5. The van der Waals surface area contributed by atoms with E-state index in [0.29, 0.717) is 0 Å². The van der Waals surface area contributed by atoms with Crippen LogP contribution in [0, 0.1) is 0 Å². The first-order valence-electron chi connectivity index (χ1n) is 4.86. The van der Waals surface area contributed by atoms with Gasteiger partial charge in [0.25, 0.3) is 0 Å². The van der Waals surface area contributed by atoms with E-state index in [1.807, 2.05) is 0 Å². The zero-order chi connectivity index (χ0) is 12.9. The van der Waals surface area contributed by atoms with E-state index in [1.165, 1.54) is 14.0 Å². The number of nitrogens with one attached hydrogen (secondary N) is 1. The molecule has 0 aromatic carbocycles. The second-order valence-electron chi connectivity index (χ2n) is 3.45. The Morgan fingerprint density at radius 1 is 1.44 bits per heavy atom. The molecule has 4 N–H and O–H groups in total. The molecular formula is C9H17N3O4. The average molecular weight is 231 g/mol. The third kappa shape index (κ3) is 3.76. The van der Waals surface area contributed by atoms with Crippen molar-refractivity contribution in [2.24, 2.45) is 5.73 Å². The zero-order valence-corrected chi connectivity index (χ0v) is 9.56. The molecule has 0 aliphatic heterocycles. The Morgan fingerprint density at radius 2 is 1.94 bits per heavy atom. The number of amides is 3. The van der Waals surface area contributed by atoms with Crippen LogP contribution in [-0.4, -0.2) is 47.0 Å². The number of aliphatic carboxylic acids is 1. The lowest BCUT2D eigenvalue weighted by Crippen LogP contribution is -2.52. The molecule has 0 rings (SSSR count). The van der Waals surface area contributed by atoms with Crippen molar-refractivity contribution >= 4 is 17.9 Å². The van der Waals surface area contributed by atoms with Gasteiger partial charge in [-0.05, 0) is 13.3 Å². The summed E-state index contributed by atoms with van der Waals surface area (Å²) in [6.07, 6.45) is 0.282. The predicted molar refractivity (Wildman–Crippen MR) is 56.7 cm³/mol. The van der Waals surface area contributed by atoms with Gasteiger partial charge in [-0.3, -0.25) is 4.79 Å². The molecule has 3 amide bonds. The SMILES string of the molecule is CCC(C(=O)O)N(C)C(=O)NC(C)C(N)=O. The quantitative estimate of drug-likeness (QED) is 0.584. The van der Waals surface area contributed by atoms with Crippen molar-refractivity contribution in [1.29, 1.82) is 0 Å². The lowest BCUT2D eigenvalue weighted by molar-refractivity contribution is -0.141. The van der Waals surface area contributed by atoms with E-state index in [4.69, 9.17) is 10.8 Å². The van der Waals surface area contributed by atoms with Gasteiger partial charge in [-0.1, -0.05) is 6.92 Å². The molecule has 0 aromatic heterocycles. The van der Waals surface area contributed by atoms with Crippen molar-refractivity contribution < 1.29 is 19.5 Å². The van der Waals surface area contributed by atoms with E-state index in [2.05, 4.69) is 5.32 Å². The lowest BCUT2D eigenvalue weighted by atomic mass is 10.2. The summed E-state index contributed by atoms with van der Waals surface area (Å²) >= 11 is 0. The number of carbonyl (C=O) groups is 3. The molecule has 0 bridgehead atoms. The number of nitrogens with zero attached hydrogens (tertiary/aromatic N) is 1. The number of carbonyl (C=O) groups excluding carboxylic acids is 2. The second kappa shape index (κ2) is 5.94. The maximum absolute atomic E-state index is 11.5. The Kier molecular flexibility index (Phi) is 5.27. The van der Waals surface area contributed by atoms with E-state index >= 15 is 0 Å². The van der Waals surface area contributed by atoms with Crippen molar-refractivity contribution in [3.05, 3.63) is 0 Å². The molecule has 16 heavy (non-hydrogen) atoms. The molecule has 0 aliphatic rings. The van der Waals surface area contributed by atoms with Gasteiger partial charge in [-0.15, -0.1) is 0 Å². The van der Waals surface area contributed by atoms with E-state index < -0.39 is 30.0 Å². The second-order valence-corrected chi connectivity index (χ2v) is 3.45. The molecule has 0 saturated carbocycles. The smallest absolute Gasteiger partial charge is 0.326 e. The van der Waals surface area contributed by atoms with Crippen LogP contribution in [0.1, 0.15) is 20.3 Å².